The number of halogens is 2. The van der Waals surface area contributed by atoms with Crippen LogP contribution in [0.1, 0.15) is 23.5 Å². The molecule has 1 heterocycles. The lowest BCUT2D eigenvalue weighted by Gasteiger charge is -2.07. The van der Waals surface area contributed by atoms with E-state index in [1.807, 2.05) is 0 Å². The number of hydrogen-bond acceptors (Lipinski definition) is 2. The van der Waals surface area contributed by atoms with Gasteiger partial charge < -0.3 is 10.2 Å². The molecule has 0 amide bonds. The predicted octanol–water partition coefficient (Wildman–Crippen LogP) is 2.09. The maximum absolute atomic E-state index is 12.9. The summed E-state index contributed by atoms with van der Waals surface area (Å²) in [6, 6.07) is 1.59. The number of furan rings is 1. The minimum absolute atomic E-state index is 0.278. The molecule has 1 aliphatic rings. The Bertz CT molecular complexity index is 358. The molecule has 1 aromatic heterocycles. The van der Waals surface area contributed by atoms with Crippen LogP contribution < -0.4 is 5.73 Å². The Kier molecular flexibility index (Phi) is 1.42. The van der Waals surface area contributed by atoms with Gasteiger partial charge in [-0.05, 0) is 19.9 Å². The lowest BCUT2D eigenvalue weighted by Crippen LogP contribution is -2.27. The van der Waals surface area contributed by atoms with Crippen LogP contribution in [0.3, 0.4) is 0 Å². The molecule has 1 aliphatic carbocycles. The van der Waals surface area contributed by atoms with Crippen LogP contribution in [0.2, 0.25) is 0 Å². The fourth-order valence-electron chi connectivity index (χ4n) is 1.67. The normalized spacial score (nSPS) is 30.5. The topological polar surface area (TPSA) is 39.2 Å². The summed E-state index contributed by atoms with van der Waals surface area (Å²) in [7, 11) is 0. The van der Waals surface area contributed by atoms with Crippen LogP contribution in [0.5, 0.6) is 0 Å². The second-order valence-corrected chi connectivity index (χ2v) is 3.68. The van der Waals surface area contributed by atoms with E-state index in [4.69, 9.17) is 10.2 Å². The minimum atomic E-state index is -2.77. The molecule has 0 spiro atoms. The average Bonchev–Trinajstić information content (AvgIpc) is 2.34. The van der Waals surface area contributed by atoms with Crippen molar-refractivity contribution in [1.29, 1.82) is 0 Å². The molecule has 2 rings (SSSR count). The molecule has 0 radical (unpaired) electrons. The molecule has 13 heavy (non-hydrogen) atoms. The van der Waals surface area contributed by atoms with Crippen molar-refractivity contribution in [3.8, 4) is 0 Å². The molecule has 1 aromatic rings. The summed E-state index contributed by atoms with van der Waals surface area (Å²) in [4.78, 5) is 0. The summed E-state index contributed by atoms with van der Waals surface area (Å²) in [5.41, 5.74) is 4.51. The zero-order valence-electron chi connectivity index (χ0n) is 7.53. The third-order valence-electron chi connectivity index (χ3n) is 2.55. The molecule has 4 heteroatoms. The molecule has 1 fully saturated rings. The third kappa shape index (κ3) is 1.01. The van der Waals surface area contributed by atoms with E-state index >= 15 is 0 Å². The molecular formula is C9H11F2NO. The van der Waals surface area contributed by atoms with Crippen LogP contribution in [0.4, 0.5) is 8.78 Å². The fourth-order valence-corrected chi connectivity index (χ4v) is 1.67. The van der Waals surface area contributed by atoms with Gasteiger partial charge in [-0.2, -0.15) is 0 Å². The zero-order chi connectivity index (χ0) is 9.85. The second-order valence-electron chi connectivity index (χ2n) is 3.68. The summed E-state index contributed by atoms with van der Waals surface area (Å²) >= 11 is 0. The van der Waals surface area contributed by atoms with E-state index in [-0.39, 0.29) is 6.42 Å². The maximum Gasteiger partial charge on any atom is 0.272 e. The monoisotopic (exact) mass is 187 g/mol. The van der Waals surface area contributed by atoms with Crippen molar-refractivity contribution in [1.82, 2.24) is 0 Å². The van der Waals surface area contributed by atoms with Gasteiger partial charge in [-0.1, -0.05) is 0 Å². The van der Waals surface area contributed by atoms with Crippen molar-refractivity contribution in [2.75, 3.05) is 0 Å². The highest BCUT2D eigenvalue weighted by Crippen LogP contribution is 2.58. The van der Waals surface area contributed by atoms with Crippen molar-refractivity contribution in [2.24, 2.45) is 5.73 Å². The molecule has 2 N–H and O–H groups in total. The Morgan fingerprint density at radius 2 is 2.00 bits per heavy atom. The fraction of sp³-hybridized carbons (Fsp3) is 0.556. The van der Waals surface area contributed by atoms with Gasteiger partial charge in [0.2, 0.25) is 0 Å². The van der Waals surface area contributed by atoms with E-state index in [9.17, 15) is 8.78 Å². The minimum Gasteiger partial charge on any atom is -0.466 e. The standard InChI is InChI=1S/C9H11F2NO/c1-5-3-7(6(2)13-5)8(12)4-9(8,10)11/h3H,4,12H2,1-2H3. The highest BCUT2D eigenvalue weighted by Gasteiger charge is 2.70. The summed E-state index contributed by atoms with van der Waals surface area (Å²) in [5.74, 6) is -1.65. The van der Waals surface area contributed by atoms with E-state index in [0.717, 1.165) is 0 Å². The van der Waals surface area contributed by atoms with Gasteiger partial charge in [-0.3, -0.25) is 0 Å². The van der Waals surface area contributed by atoms with E-state index in [1.165, 1.54) is 0 Å². The molecule has 0 aliphatic heterocycles. The molecule has 72 valence electrons. The van der Waals surface area contributed by atoms with Gasteiger partial charge in [0.1, 0.15) is 17.1 Å². The first kappa shape index (κ1) is 8.69. The van der Waals surface area contributed by atoms with E-state index in [0.29, 0.717) is 17.1 Å². The number of alkyl halides is 2. The van der Waals surface area contributed by atoms with Crippen molar-refractivity contribution in [3.05, 3.63) is 23.2 Å². The second kappa shape index (κ2) is 2.12. The van der Waals surface area contributed by atoms with Gasteiger partial charge in [0.25, 0.3) is 5.92 Å². The third-order valence-corrected chi connectivity index (χ3v) is 2.55. The van der Waals surface area contributed by atoms with Crippen molar-refractivity contribution in [2.45, 2.75) is 31.7 Å². The number of aryl methyl sites for hydroxylation is 2. The lowest BCUT2D eigenvalue weighted by atomic mass is 10.1. The number of nitrogens with two attached hydrogens (primary N) is 1. The van der Waals surface area contributed by atoms with Crippen LogP contribution in [-0.2, 0) is 5.54 Å². The Labute approximate surface area is 74.7 Å². The number of rotatable bonds is 1. The summed E-state index contributed by atoms with van der Waals surface area (Å²) in [6.45, 7) is 3.38. The molecule has 1 unspecified atom stereocenters. The van der Waals surface area contributed by atoms with Crippen molar-refractivity contribution >= 4 is 0 Å². The van der Waals surface area contributed by atoms with Crippen LogP contribution in [0.15, 0.2) is 10.5 Å². The summed E-state index contributed by atoms with van der Waals surface area (Å²) in [6.07, 6.45) is -0.278. The van der Waals surface area contributed by atoms with Crippen molar-refractivity contribution < 1.29 is 13.2 Å². The van der Waals surface area contributed by atoms with Gasteiger partial charge in [-0.15, -0.1) is 0 Å². The van der Waals surface area contributed by atoms with Crippen LogP contribution in [0.25, 0.3) is 0 Å². The first-order chi connectivity index (χ1) is 5.87. The van der Waals surface area contributed by atoms with E-state index < -0.39 is 11.5 Å². The smallest absolute Gasteiger partial charge is 0.272 e. The Morgan fingerprint density at radius 1 is 1.46 bits per heavy atom. The molecule has 0 aromatic carbocycles. The SMILES string of the molecule is Cc1cc(C2(N)CC2(F)F)c(C)o1. The summed E-state index contributed by atoms with van der Waals surface area (Å²) < 4.78 is 30.9. The van der Waals surface area contributed by atoms with Gasteiger partial charge in [0, 0.05) is 12.0 Å². The molecule has 0 bridgehead atoms. The van der Waals surface area contributed by atoms with Gasteiger partial charge in [0.05, 0.1) is 0 Å². The van der Waals surface area contributed by atoms with Crippen LogP contribution in [-0.4, -0.2) is 5.92 Å². The molecule has 2 nitrogen and oxygen atoms in total. The Morgan fingerprint density at radius 3 is 2.31 bits per heavy atom. The highest BCUT2D eigenvalue weighted by atomic mass is 19.3. The summed E-state index contributed by atoms with van der Waals surface area (Å²) in [5, 5.41) is 0. The van der Waals surface area contributed by atoms with E-state index in [1.54, 1.807) is 19.9 Å². The first-order valence-corrected chi connectivity index (χ1v) is 4.11. The Hall–Kier alpha value is -0.900. The predicted molar refractivity (Wildman–Crippen MR) is 43.6 cm³/mol. The van der Waals surface area contributed by atoms with E-state index in [2.05, 4.69) is 0 Å². The zero-order valence-corrected chi connectivity index (χ0v) is 7.53. The largest absolute Gasteiger partial charge is 0.466 e. The van der Waals surface area contributed by atoms with Gasteiger partial charge in [-0.25, -0.2) is 8.78 Å². The van der Waals surface area contributed by atoms with Gasteiger partial charge in [0.15, 0.2) is 0 Å². The van der Waals surface area contributed by atoms with Crippen LogP contribution >= 0.6 is 0 Å². The van der Waals surface area contributed by atoms with Crippen molar-refractivity contribution in [3.63, 3.8) is 0 Å². The molecule has 0 saturated heterocycles. The quantitative estimate of drug-likeness (QED) is 0.731. The van der Waals surface area contributed by atoms with Crippen LogP contribution in [0, 0.1) is 13.8 Å². The number of hydrogen-bond donors (Lipinski definition) is 1. The van der Waals surface area contributed by atoms with Gasteiger partial charge >= 0.3 is 0 Å². The molecule has 1 saturated carbocycles. The molecule has 1 atom stereocenters. The first-order valence-electron chi connectivity index (χ1n) is 4.11. The maximum atomic E-state index is 12.9. The Balaban J connectivity index is 2.43. The average molecular weight is 187 g/mol. The lowest BCUT2D eigenvalue weighted by molar-refractivity contribution is 0.0887. The molecular weight excluding hydrogens is 176 g/mol. The highest BCUT2D eigenvalue weighted by molar-refractivity contribution is 5.38.